The van der Waals surface area contributed by atoms with E-state index in [1.165, 1.54) is 63.5 Å². The summed E-state index contributed by atoms with van der Waals surface area (Å²) < 4.78 is 33.2. The molecule has 2 saturated carbocycles. The second-order valence-electron chi connectivity index (χ2n) is 8.33. The molecule has 0 atom stereocenters. The molecule has 2 aliphatic rings. The van der Waals surface area contributed by atoms with Crippen molar-refractivity contribution in [2.24, 2.45) is 23.7 Å². The van der Waals surface area contributed by atoms with Crippen LogP contribution in [0.5, 0.6) is 5.75 Å². The molecule has 1 aromatic rings. The van der Waals surface area contributed by atoms with Crippen LogP contribution in [-0.4, -0.2) is 6.61 Å². The number of halogens is 3. The Hall–Kier alpha value is -0.640. The zero-order chi connectivity index (χ0) is 18.5. The van der Waals surface area contributed by atoms with Gasteiger partial charge in [-0.05, 0) is 90.3 Å². The summed E-state index contributed by atoms with van der Waals surface area (Å²) in [5, 5.41) is 0. The number of rotatable bonds is 6. The van der Waals surface area contributed by atoms with Crippen molar-refractivity contribution in [3.8, 4) is 5.75 Å². The Morgan fingerprint density at radius 3 is 2.04 bits per heavy atom. The third-order valence-electron chi connectivity index (χ3n) is 6.62. The molecule has 2 aliphatic carbocycles. The highest BCUT2D eigenvalue weighted by Gasteiger charge is 2.31. The van der Waals surface area contributed by atoms with Crippen LogP contribution in [0.1, 0.15) is 71.1 Å². The third-order valence-corrected chi connectivity index (χ3v) is 7.23. The van der Waals surface area contributed by atoms with E-state index in [2.05, 4.69) is 22.9 Å². The van der Waals surface area contributed by atoms with Gasteiger partial charge in [-0.15, -0.1) is 0 Å². The molecule has 0 unspecified atom stereocenters. The van der Waals surface area contributed by atoms with Crippen molar-refractivity contribution >= 4 is 15.9 Å². The first-order valence-corrected chi connectivity index (χ1v) is 11.1. The lowest BCUT2D eigenvalue weighted by atomic mass is 9.69. The summed E-state index contributed by atoms with van der Waals surface area (Å²) in [6, 6.07) is 3.00. The minimum atomic E-state index is -0.892. The predicted octanol–water partition coefficient (Wildman–Crippen LogP) is 7.52. The molecule has 0 heterocycles. The molecule has 146 valence electrons. The van der Waals surface area contributed by atoms with Gasteiger partial charge in [-0.1, -0.05) is 32.6 Å². The quantitative estimate of drug-likeness (QED) is 0.425. The summed E-state index contributed by atoms with van der Waals surface area (Å²) in [7, 11) is 0. The van der Waals surface area contributed by atoms with Gasteiger partial charge in [0.2, 0.25) is 5.82 Å². The molecule has 0 amide bonds. The molecule has 26 heavy (non-hydrogen) atoms. The Bertz CT molecular complexity index is 576. The molecule has 1 nitrogen and oxygen atoms in total. The first-order valence-electron chi connectivity index (χ1n) is 10.3. The Morgan fingerprint density at radius 2 is 1.46 bits per heavy atom. The van der Waals surface area contributed by atoms with Crippen LogP contribution in [0.15, 0.2) is 16.6 Å². The Morgan fingerprint density at radius 1 is 0.885 bits per heavy atom. The van der Waals surface area contributed by atoms with Crippen LogP contribution in [0.2, 0.25) is 0 Å². The van der Waals surface area contributed by atoms with Crippen LogP contribution < -0.4 is 4.74 Å². The smallest absolute Gasteiger partial charge is 0.201 e. The van der Waals surface area contributed by atoms with Gasteiger partial charge in [-0.25, -0.2) is 4.39 Å². The van der Waals surface area contributed by atoms with E-state index in [1.54, 1.807) is 0 Å². The lowest BCUT2D eigenvalue weighted by molar-refractivity contribution is 0.120. The van der Waals surface area contributed by atoms with Gasteiger partial charge in [0.05, 0.1) is 11.1 Å². The number of ether oxygens (including phenoxy) is 1. The first-order chi connectivity index (χ1) is 12.6. The third kappa shape index (κ3) is 4.99. The van der Waals surface area contributed by atoms with Gasteiger partial charge in [-0.2, -0.15) is 4.39 Å². The maximum Gasteiger partial charge on any atom is 0.201 e. The molecule has 4 heteroatoms. The monoisotopic (exact) mass is 428 g/mol. The summed E-state index contributed by atoms with van der Waals surface area (Å²) in [5.74, 6) is 1.50. The van der Waals surface area contributed by atoms with Crippen molar-refractivity contribution in [3.63, 3.8) is 0 Å². The largest absolute Gasteiger partial charge is 0.490 e. The zero-order valence-electron chi connectivity index (χ0n) is 15.8. The fourth-order valence-electron chi connectivity index (χ4n) is 5.01. The van der Waals surface area contributed by atoms with Gasteiger partial charge in [0.1, 0.15) is 0 Å². The predicted molar refractivity (Wildman–Crippen MR) is 105 cm³/mol. The van der Waals surface area contributed by atoms with E-state index < -0.39 is 11.6 Å². The summed E-state index contributed by atoms with van der Waals surface area (Å²) in [5.41, 5.74) is 0. The van der Waals surface area contributed by atoms with Crippen LogP contribution in [0, 0.1) is 35.3 Å². The standard InChI is InChI=1S/C22H31BrF2O/c1-2-3-15-4-8-17(9-5-15)18-10-6-16(7-11-18)14-26-20-13-12-19(23)21(24)22(20)25/h12-13,15-18H,2-11,14H2,1H3/t15-,16-,17-,18-. The Balaban J connectivity index is 1.41. The van der Waals surface area contributed by atoms with E-state index in [-0.39, 0.29) is 10.2 Å². The average Bonchev–Trinajstić information content (AvgIpc) is 2.67. The van der Waals surface area contributed by atoms with E-state index in [9.17, 15) is 8.78 Å². The van der Waals surface area contributed by atoms with Crippen molar-refractivity contribution in [3.05, 3.63) is 28.2 Å². The Kier molecular flexibility index (Phi) is 7.36. The van der Waals surface area contributed by atoms with Gasteiger partial charge >= 0.3 is 0 Å². The summed E-state index contributed by atoms with van der Waals surface area (Å²) in [4.78, 5) is 0. The molecule has 1 aromatic carbocycles. The van der Waals surface area contributed by atoms with Crippen LogP contribution in [0.4, 0.5) is 8.78 Å². The van der Waals surface area contributed by atoms with Crippen LogP contribution >= 0.6 is 15.9 Å². The van der Waals surface area contributed by atoms with Gasteiger partial charge in [0.15, 0.2) is 11.6 Å². The molecule has 0 bridgehead atoms. The fraction of sp³-hybridized carbons (Fsp3) is 0.727. The van der Waals surface area contributed by atoms with Crippen LogP contribution in [-0.2, 0) is 0 Å². The Labute approximate surface area is 165 Å². The van der Waals surface area contributed by atoms with Gasteiger partial charge in [-0.3, -0.25) is 0 Å². The highest BCUT2D eigenvalue weighted by atomic mass is 79.9. The number of benzene rings is 1. The minimum absolute atomic E-state index is 0.0297. The maximum atomic E-state index is 13.9. The molecule has 0 aromatic heterocycles. The zero-order valence-corrected chi connectivity index (χ0v) is 17.4. The van der Waals surface area contributed by atoms with Crippen molar-refractivity contribution in [1.82, 2.24) is 0 Å². The summed E-state index contributed by atoms with van der Waals surface area (Å²) in [6.07, 6.45) is 13.3. The molecule has 2 fully saturated rings. The molecular weight excluding hydrogens is 398 g/mol. The van der Waals surface area contributed by atoms with Crippen LogP contribution in [0.3, 0.4) is 0 Å². The molecule has 0 N–H and O–H groups in total. The SMILES string of the molecule is CCC[C@H]1CC[C@H]([C@H]2CC[C@H](COc3ccc(Br)c(F)c3F)CC2)CC1. The number of hydrogen-bond acceptors (Lipinski definition) is 1. The van der Waals surface area contributed by atoms with E-state index in [0.717, 1.165) is 30.6 Å². The van der Waals surface area contributed by atoms with E-state index in [0.29, 0.717) is 12.5 Å². The van der Waals surface area contributed by atoms with Gasteiger partial charge < -0.3 is 4.74 Å². The van der Waals surface area contributed by atoms with Gasteiger partial charge in [0, 0.05) is 0 Å². The van der Waals surface area contributed by atoms with Gasteiger partial charge in [0.25, 0.3) is 0 Å². The maximum absolute atomic E-state index is 13.9. The summed E-state index contributed by atoms with van der Waals surface area (Å²) >= 11 is 2.99. The fourth-order valence-corrected chi connectivity index (χ4v) is 5.32. The lowest BCUT2D eigenvalue weighted by Gasteiger charge is -2.37. The average molecular weight is 429 g/mol. The minimum Gasteiger partial charge on any atom is -0.490 e. The molecule has 0 radical (unpaired) electrons. The lowest BCUT2D eigenvalue weighted by Crippen LogP contribution is -2.27. The molecule has 3 rings (SSSR count). The van der Waals surface area contributed by atoms with Crippen molar-refractivity contribution < 1.29 is 13.5 Å². The highest BCUT2D eigenvalue weighted by Crippen LogP contribution is 2.42. The van der Waals surface area contributed by atoms with E-state index >= 15 is 0 Å². The first kappa shape index (κ1) is 20.1. The highest BCUT2D eigenvalue weighted by molar-refractivity contribution is 9.10. The topological polar surface area (TPSA) is 9.23 Å². The van der Waals surface area contributed by atoms with Crippen molar-refractivity contribution in [2.75, 3.05) is 6.61 Å². The molecular formula is C22H31BrF2O. The second kappa shape index (κ2) is 9.52. The van der Waals surface area contributed by atoms with E-state index in [4.69, 9.17) is 4.74 Å². The molecule has 0 aliphatic heterocycles. The van der Waals surface area contributed by atoms with Crippen LogP contribution in [0.25, 0.3) is 0 Å². The molecule has 0 spiro atoms. The number of hydrogen-bond donors (Lipinski definition) is 0. The second-order valence-corrected chi connectivity index (χ2v) is 9.19. The summed E-state index contributed by atoms with van der Waals surface area (Å²) in [6.45, 7) is 2.79. The van der Waals surface area contributed by atoms with Crippen molar-refractivity contribution in [2.45, 2.75) is 71.1 Å². The normalized spacial score (nSPS) is 29.5. The molecule has 0 saturated heterocycles. The van der Waals surface area contributed by atoms with E-state index in [1.807, 2.05) is 0 Å². The van der Waals surface area contributed by atoms with Crippen molar-refractivity contribution in [1.29, 1.82) is 0 Å².